The van der Waals surface area contributed by atoms with Gasteiger partial charge in [-0.15, -0.1) is 0 Å². The van der Waals surface area contributed by atoms with Gasteiger partial charge in [0, 0.05) is 4.90 Å². The monoisotopic (exact) mass is 292 g/mol. The molecule has 0 fully saturated rings. The largest absolute Gasteiger partial charge is 0.486 e. The first kappa shape index (κ1) is 13.3. The highest BCUT2D eigenvalue weighted by Crippen LogP contribution is 2.38. The number of hydrogen-bond acceptors (Lipinski definition) is 4. The zero-order chi connectivity index (χ0) is 13.9. The molecule has 20 heavy (non-hydrogen) atoms. The predicted octanol–water partition coefficient (Wildman–Crippen LogP) is 3.24. The first-order valence-corrected chi connectivity index (χ1v) is 7.05. The molecule has 3 nitrogen and oxygen atoms in total. The van der Waals surface area contributed by atoms with Crippen LogP contribution < -0.4 is 9.47 Å². The maximum Gasteiger partial charge on any atom is 0.162 e. The lowest BCUT2D eigenvalue weighted by atomic mass is 10.2. The molecule has 0 saturated heterocycles. The summed E-state index contributed by atoms with van der Waals surface area (Å²) in [4.78, 5) is 1.28. The third-order valence-corrected chi connectivity index (χ3v) is 4.10. The second-order valence-corrected chi connectivity index (χ2v) is 5.38. The van der Waals surface area contributed by atoms with Crippen LogP contribution in [0.3, 0.4) is 0 Å². The molecule has 0 bridgehead atoms. The number of hydrogen-bond donors (Lipinski definition) is 1. The molecule has 1 heterocycles. The molecule has 5 heteroatoms. The molecule has 0 spiro atoms. The molecule has 1 aliphatic heterocycles. The van der Waals surface area contributed by atoms with Crippen LogP contribution in [0.4, 0.5) is 4.39 Å². The van der Waals surface area contributed by atoms with Crippen LogP contribution in [0.2, 0.25) is 0 Å². The summed E-state index contributed by atoms with van der Waals surface area (Å²) < 4.78 is 24.8. The van der Waals surface area contributed by atoms with E-state index in [9.17, 15) is 9.50 Å². The van der Waals surface area contributed by atoms with Crippen LogP contribution in [0.1, 0.15) is 5.56 Å². The Hall–Kier alpha value is -1.72. The number of ether oxygens (including phenoxy) is 2. The summed E-state index contributed by atoms with van der Waals surface area (Å²) in [6, 6.07) is 10.2. The van der Waals surface area contributed by atoms with Gasteiger partial charge < -0.3 is 14.6 Å². The van der Waals surface area contributed by atoms with Gasteiger partial charge in [0.15, 0.2) is 11.5 Å². The fourth-order valence-electron chi connectivity index (χ4n) is 2.00. The Morgan fingerprint density at radius 3 is 2.70 bits per heavy atom. The Morgan fingerprint density at radius 1 is 1.10 bits per heavy atom. The number of aliphatic hydroxyl groups is 1. The Labute approximate surface area is 120 Å². The van der Waals surface area contributed by atoms with Crippen LogP contribution in [0.25, 0.3) is 0 Å². The van der Waals surface area contributed by atoms with Gasteiger partial charge >= 0.3 is 0 Å². The molecule has 0 radical (unpaired) electrons. The molecular formula is C15H13FO3S. The summed E-state index contributed by atoms with van der Waals surface area (Å²) in [7, 11) is 0. The molecular weight excluding hydrogens is 279 g/mol. The van der Waals surface area contributed by atoms with Crippen molar-refractivity contribution in [2.75, 3.05) is 13.2 Å². The number of fused-ring (bicyclic) bond motifs is 1. The Balaban J connectivity index is 1.92. The maximum absolute atomic E-state index is 13.9. The highest BCUT2D eigenvalue weighted by Gasteiger charge is 2.14. The maximum atomic E-state index is 13.9. The second kappa shape index (κ2) is 5.73. The Kier molecular flexibility index (Phi) is 3.80. The van der Waals surface area contributed by atoms with E-state index in [1.165, 1.54) is 17.8 Å². The molecule has 2 aromatic rings. The average Bonchev–Trinajstić information content (AvgIpc) is 2.49. The number of aliphatic hydroxyl groups excluding tert-OH is 1. The molecule has 0 saturated carbocycles. The third kappa shape index (κ3) is 2.59. The smallest absolute Gasteiger partial charge is 0.162 e. The molecule has 0 atom stereocenters. The summed E-state index contributed by atoms with van der Waals surface area (Å²) in [5, 5.41) is 9.29. The minimum atomic E-state index is -0.337. The zero-order valence-electron chi connectivity index (χ0n) is 10.6. The molecule has 3 rings (SSSR count). The van der Waals surface area contributed by atoms with Gasteiger partial charge in [0.1, 0.15) is 19.0 Å². The average molecular weight is 292 g/mol. The molecule has 0 unspecified atom stereocenters. The number of halogens is 1. The van der Waals surface area contributed by atoms with Crippen molar-refractivity contribution in [3.8, 4) is 11.5 Å². The molecule has 0 aliphatic carbocycles. The first-order chi connectivity index (χ1) is 9.78. The van der Waals surface area contributed by atoms with Crippen molar-refractivity contribution in [1.82, 2.24) is 0 Å². The van der Waals surface area contributed by atoms with Crippen LogP contribution in [-0.2, 0) is 6.61 Å². The quantitative estimate of drug-likeness (QED) is 0.942. The van der Waals surface area contributed by atoms with E-state index in [2.05, 4.69) is 0 Å². The summed E-state index contributed by atoms with van der Waals surface area (Å²) in [6.45, 7) is 0.870. The van der Waals surface area contributed by atoms with Crippen LogP contribution in [0, 0.1) is 5.82 Å². The summed E-state index contributed by atoms with van der Waals surface area (Å²) in [5.41, 5.74) is 0.574. The van der Waals surface area contributed by atoms with Gasteiger partial charge in [0.2, 0.25) is 0 Å². The molecule has 2 aromatic carbocycles. The fraction of sp³-hybridized carbons (Fsp3) is 0.200. The van der Waals surface area contributed by atoms with Crippen molar-refractivity contribution < 1.29 is 19.0 Å². The summed E-state index contributed by atoms with van der Waals surface area (Å²) >= 11 is 1.27. The van der Waals surface area contributed by atoms with Crippen LogP contribution in [0.5, 0.6) is 11.5 Å². The van der Waals surface area contributed by atoms with Crippen LogP contribution >= 0.6 is 11.8 Å². The summed E-state index contributed by atoms with van der Waals surface area (Å²) in [6.07, 6.45) is 0. The van der Waals surface area contributed by atoms with E-state index in [4.69, 9.17) is 9.47 Å². The first-order valence-electron chi connectivity index (χ1n) is 6.23. The van der Waals surface area contributed by atoms with E-state index < -0.39 is 0 Å². The highest BCUT2D eigenvalue weighted by molar-refractivity contribution is 7.99. The zero-order valence-corrected chi connectivity index (χ0v) is 11.5. The molecule has 104 valence electrons. The van der Waals surface area contributed by atoms with Gasteiger partial charge in [-0.25, -0.2) is 4.39 Å². The van der Waals surface area contributed by atoms with Crippen molar-refractivity contribution >= 4 is 11.8 Å². The van der Waals surface area contributed by atoms with Crippen LogP contribution in [0.15, 0.2) is 46.2 Å². The van der Waals surface area contributed by atoms with Gasteiger partial charge in [-0.05, 0) is 29.8 Å². The third-order valence-electron chi connectivity index (χ3n) is 2.95. The van der Waals surface area contributed by atoms with Gasteiger partial charge in [-0.1, -0.05) is 23.9 Å². The van der Waals surface area contributed by atoms with Gasteiger partial charge in [0.25, 0.3) is 0 Å². The predicted molar refractivity (Wildman–Crippen MR) is 73.9 cm³/mol. The van der Waals surface area contributed by atoms with E-state index in [0.717, 1.165) is 4.90 Å². The standard InChI is InChI=1S/C15H13FO3S/c16-12-3-1-2-10(9-17)15(12)20-11-4-5-13-14(8-11)19-7-6-18-13/h1-5,8,17H,6-7,9H2. The normalized spacial score (nSPS) is 13.3. The molecule has 0 aromatic heterocycles. The minimum Gasteiger partial charge on any atom is -0.486 e. The Bertz CT molecular complexity index is 631. The summed E-state index contributed by atoms with van der Waals surface area (Å²) in [5.74, 6) is 1.04. The number of rotatable bonds is 3. The van der Waals surface area contributed by atoms with E-state index in [1.807, 2.05) is 18.2 Å². The van der Waals surface area contributed by atoms with Crippen molar-refractivity contribution in [3.63, 3.8) is 0 Å². The van der Waals surface area contributed by atoms with Crippen LogP contribution in [-0.4, -0.2) is 18.3 Å². The van der Waals surface area contributed by atoms with Crippen molar-refractivity contribution in [2.24, 2.45) is 0 Å². The fourth-order valence-corrected chi connectivity index (χ4v) is 2.96. The topological polar surface area (TPSA) is 38.7 Å². The van der Waals surface area contributed by atoms with E-state index in [0.29, 0.717) is 35.2 Å². The van der Waals surface area contributed by atoms with E-state index in [1.54, 1.807) is 12.1 Å². The van der Waals surface area contributed by atoms with Crippen molar-refractivity contribution in [2.45, 2.75) is 16.4 Å². The number of benzene rings is 2. The van der Waals surface area contributed by atoms with E-state index in [-0.39, 0.29) is 12.4 Å². The minimum absolute atomic E-state index is 0.190. The lowest BCUT2D eigenvalue weighted by Gasteiger charge is -2.19. The molecule has 1 aliphatic rings. The Morgan fingerprint density at radius 2 is 1.90 bits per heavy atom. The van der Waals surface area contributed by atoms with E-state index >= 15 is 0 Å². The van der Waals surface area contributed by atoms with Gasteiger partial charge in [-0.2, -0.15) is 0 Å². The van der Waals surface area contributed by atoms with Gasteiger partial charge in [-0.3, -0.25) is 0 Å². The van der Waals surface area contributed by atoms with Gasteiger partial charge in [0.05, 0.1) is 11.5 Å². The van der Waals surface area contributed by atoms with Crippen molar-refractivity contribution in [3.05, 3.63) is 47.8 Å². The lowest BCUT2D eigenvalue weighted by molar-refractivity contribution is 0.171. The van der Waals surface area contributed by atoms with Crippen molar-refractivity contribution in [1.29, 1.82) is 0 Å². The lowest BCUT2D eigenvalue weighted by Crippen LogP contribution is -2.15. The highest BCUT2D eigenvalue weighted by atomic mass is 32.2. The SMILES string of the molecule is OCc1cccc(F)c1Sc1ccc2c(c1)OCCO2. The second-order valence-electron chi connectivity index (χ2n) is 4.29. The molecule has 1 N–H and O–H groups in total. The molecule has 0 amide bonds.